The van der Waals surface area contributed by atoms with Crippen LogP contribution in [0.5, 0.6) is 0 Å². The molecule has 0 aromatic carbocycles. The summed E-state index contributed by atoms with van der Waals surface area (Å²) in [6, 6.07) is 0. The Morgan fingerprint density at radius 3 is 2.85 bits per heavy atom. The van der Waals surface area contributed by atoms with Crippen LogP contribution in [0.3, 0.4) is 0 Å². The van der Waals surface area contributed by atoms with Gasteiger partial charge >= 0.3 is 5.97 Å². The highest BCUT2D eigenvalue weighted by Gasteiger charge is 2.07. The highest BCUT2D eigenvalue weighted by Crippen LogP contribution is 2.12. The Balaban J connectivity index is 2.63. The lowest BCUT2D eigenvalue weighted by molar-refractivity contribution is -0.142. The lowest BCUT2D eigenvalue weighted by atomic mass is 10.2. The maximum Gasteiger partial charge on any atom is 0.310 e. The number of halogens is 1. The second-order valence-corrected chi connectivity index (χ2v) is 2.75. The number of hydrogen-bond donors (Lipinski definition) is 0. The first-order valence-electron chi connectivity index (χ1n) is 3.84. The van der Waals surface area contributed by atoms with Crippen molar-refractivity contribution in [1.29, 1.82) is 0 Å². The van der Waals surface area contributed by atoms with Crippen molar-refractivity contribution in [2.24, 2.45) is 0 Å². The van der Waals surface area contributed by atoms with Crippen molar-refractivity contribution in [3.63, 3.8) is 0 Å². The number of ether oxygens (including phenoxy) is 1. The van der Waals surface area contributed by atoms with Crippen LogP contribution in [-0.2, 0) is 16.0 Å². The molecule has 0 bridgehead atoms. The largest absolute Gasteiger partial charge is 0.466 e. The number of esters is 1. The fourth-order valence-electron chi connectivity index (χ4n) is 0.829. The number of carbonyl (C=O) groups is 1. The van der Waals surface area contributed by atoms with Gasteiger partial charge in [-0.1, -0.05) is 11.6 Å². The van der Waals surface area contributed by atoms with E-state index in [2.05, 4.69) is 10.2 Å². The van der Waals surface area contributed by atoms with E-state index in [1.165, 1.54) is 12.4 Å². The monoisotopic (exact) mass is 200 g/mol. The highest BCUT2D eigenvalue weighted by molar-refractivity contribution is 6.31. The number of nitrogens with zero attached hydrogens (tertiary/aromatic N) is 2. The zero-order valence-electron chi connectivity index (χ0n) is 7.16. The number of rotatable bonds is 3. The minimum Gasteiger partial charge on any atom is -0.466 e. The zero-order valence-corrected chi connectivity index (χ0v) is 7.91. The van der Waals surface area contributed by atoms with E-state index in [0.717, 1.165) is 0 Å². The normalized spacial score (nSPS) is 9.69. The molecule has 1 heterocycles. The molecule has 1 aromatic rings. The molecule has 0 unspecified atom stereocenters. The highest BCUT2D eigenvalue weighted by atomic mass is 35.5. The van der Waals surface area contributed by atoms with E-state index in [9.17, 15) is 4.79 Å². The average molecular weight is 201 g/mol. The van der Waals surface area contributed by atoms with Gasteiger partial charge in [-0.05, 0) is 6.92 Å². The van der Waals surface area contributed by atoms with E-state index >= 15 is 0 Å². The van der Waals surface area contributed by atoms with Crippen molar-refractivity contribution < 1.29 is 9.53 Å². The van der Waals surface area contributed by atoms with E-state index in [1.807, 2.05) is 0 Å². The molecule has 0 atom stereocenters. The van der Waals surface area contributed by atoms with Crippen LogP contribution in [0.25, 0.3) is 0 Å². The Morgan fingerprint density at radius 2 is 2.23 bits per heavy atom. The summed E-state index contributed by atoms with van der Waals surface area (Å²) < 4.78 is 4.76. The molecule has 1 aromatic heterocycles. The van der Waals surface area contributed by atoms with Gasteiger partial charge in [-0.25, -0.2) is 0 Å². The van der Waals surface area contributed by atoms with Crippen molar-refractivity contribution in [3.05, 3.63) is 23.0 Å². The van der Waals surface area contributed by atoms with E-state index in [-0.39, 0.29) is 12.4 Å². The van der Waals surface area contributed by atoms with Crippen LogP contribution in [0.4, 0.5) is 0 Å². The third-order valence-electron chi connectivity index (χ3n) is 1.40. The summed E-state index contributed by atoms with van der Waals surface area (Å²) in [4.78, 5) is 11.0. The summed E-state index contributed by atoms with van der Waals surface area (Å²) in [6.07, 6.45) is 3.00. The van der Waals surface area contributed by atoms with E-state index in [0.29, 0.717) is 17.2 Å². The van der Waals surface area contributed by atoms with E-state index < -0.39 is 0 Å². The van der Waals surface area contributed by atoms with Crippen LogP contribution in [-0.4, -0.2) is 22.8 Å². The summed E-state index contributed by atoms with van der Waals surface area (Å²) >= 11 is 5.76. The number of carbonyl (C=O) groups excluding carboxylic acids is 1. The van der Waals surface area contributed by atoms with Crippen LogP contribution in [0.15, 0.2) is 12.4 Å². The smallest absolute Gasteiger partial charge is 0.310 e. The summed E-state index contributed by atoms with van der Waals surface area (Å²) in [7, 11) is 0. The molecule has 0 amide bonds. The molecule has 0 aliphatic heterocycles. The molecular formula is C8H9ClN2O2. The fourth-order valence-corrected chi connectivity index (χ4v) is 0.988. The minimum absolute atomic E-state index is 0.141. The van der Waals surface area contributed by atoms with Gasteiger partial charge in [0.1, 0.15) is 0 Å². The second kappa shape index (κ2) is 4.77. The first kappa shape index (κ1) is 9.92. The number of aromatic nitrogens is 2. The second-order valence-electron chi connectivity index (χ2n) is 2.34. The molecule has 13 heavy (non-hydrogen) atoms. The van der Waals surface area contributed by atoms with Gasteiger partial charge < -0.3 is 4.74 Å². The lowest BCUT2D eigenvalue weighted by Gasteiger charge is -2.01. The molecule has 0 aliphatic rings. The van der Waals surface area contributed by atoms with Crippen LogP contribution >= 0.6 is 11.6 Å². The first-order valence-corrected chi connectivity index (χ1v) is 4.22. The van der Waals surface area contributed by atoms with Crippen molar-refractivity contribution in [2.45, 2.75) is 13.3 Å². The molecular weight excluding hydrogens is 192 g/mol. The van der Waals surface area contributed by atoms with Gasteiger partial charge in [0.15, 0.2) is 0 Å². The van der Waals surface area contributed by atoms with Gasteiger partial charge in [-0.3, -0.25) is 4.79 Å². The van der Waals surface area contributed by atoms with Gasteiger partial charge in [0.25, 0.3) is 0 Å². The third-order valence-corrected chi connectivity index (χ3v) is 1.74. The van der Waals surface area contributed by atoms with Gasteiger partial charge in [0.05, 0.1) is 30.4 Å². The summed E-state index contributed by atoms with van der Waals surface area (Å²) in [5.74, 6) is -0.308. The Bertz CT molecular complexity index is 304. The van der Waals surface area contributed by atoms with Gasteiger partial charge in [0.2, 0.25) is 0 Å². The van der Waals surface area contributed by atoms with Crippen molar-refractivity contribution in [2.75, 3.05) is 6.61 Å². The summed E-state index contributed by atoms with van der Waals surface area (Å²) in [5.41, 5.74) is 0.634. The van der Waals surface area contributed by atoms with Crippen LogP contribution in [0.1, 0.15) is 12.5 Å². The van der Waals surface area contributed by atoms with Crippen LogP contribution in [0, 0.1) is 0 Å². The summed E-state index contributed by atoms with van der Waals surface area (Å²) in [6.45, 7) is 2.12. The summed E-state index contributed by atoms with van der Waals surface area (Å²) in [5, 5.41) is 7.61. The minimum atomic E-state index is -0.308. The molecule has 1 rings (SSSR count). The van der Waals surface area contributed by atoms with Gasteiger partial charge in [-0.2, -0.15) is 10.2 Å². The molecule has 0 fully saturated rings. The molecule has 0 radical (unpaired) electrons. The SMILES string of the molecule is CCOC(=O)Cc1cnncc1Cl. The molecule has 0 saturated carbocycles. The van der Waals surface area contributed by atoms with Crippen molar-refractivity contribution in [3.8, 4) is 0 Å². The molecule has 70 valence electrons. The van der Waals surface area contributed by atoms with Crippen LogP contribution in [0.2, 0.25) is 5.02 Å². The maximum absolute atomic E-state index is 11.0. The molecule has 5 heteroatoms. The van der Waals surface area contributed by atoms with Crippen molar-refractivity contribution in [1.82, 2.24) is 10.2 Å². The standard InChI is InChI=1S/C8H9ClN2O2/c1-2-13-8(12)3-6-4-10-11-5-7(6)9/h4-5H,2-3H2,1H3. The zero-order chi connectivity index (χ0) is 9.68. The molecule has 0 saturated heterocycles. The molecule has 4 nitrogen and oxygen atoms in total. The van der Waals surface area contributed by atoms with Crippen molar-refractivity contribution >= 4 is 17.6 Å². The average Bonchev–Trinajstić information content (AvgIpc) is 2.09. The van der Waals surface area contributed by atoms with Gasteiger partial charge in [-0.15, -0.1) is 0 Å². The topological polar surface area (TPSA) is 52.1 Å². The molecule has 0 aliphatic carbocycles. The van der Waals surface area contributed by atoms with Gasteiger partial charge in [0, 0.05) is 5.56 Å². The van der Waals surface area contributed by atoms with E-state index in [4.69, 9.17) is 16.3 Å². The Hall–Kier alpha value is -1.16. The Morgan fingerprint density at radius 1 is 1.54 bits per heavy atom. The number of hydrogen-bond acceptors (Lipinski definition) is 4. The predicted octanol–water partition coefficient (Wildman–Crippen LogP) is 1.24. The Labute approximate surface area is 80.9 Å². The maximum atomic E-state index is 11.0. The first-order chi connectivity index (χ1) is 6.24. The van der Waals surface area contributed by atoms with E-state index in [1.54, 1.807) is 6.92 Å². The molecule has 0 N–H and O–H groups in total. The fraction of sp³-hybridized carbons (Fsp3) is 0.375. The third kappa shape index (κ3) is 2.99. The van der Waals surface area contributed by atoms with Crippen LogP contribution < -0.4 is 0 Å². The molecule has 0 spiro atoms. The predicted molar refractivity (Wildman–Crippen MR) is 47.4 cm³/mol. The lowest BCUT2D eigenvalue weighted by Crippen LogP contribution is -2.08. The quantitative estimate of drug-likeness (QED) is 0.689. The Kier molecular flexibility index (Phi) is 3.64.